The largest absolute Gasteiger partial charge is 0.396 e. The van der Waals surface area contributed by atoms with Crippen molar-refractivity contribution in [3.8, 4) is 0 Å². The minimum Gasteiger partial charge on any atom is -0.396 e. The molecule has 0 bridgehead atoms. The van der Waals surface area contributed by atoms with Crippen LogP contribution in [0.3, 0.4) is 0 Å². The van der Waals surface area contributed by atoms with Crippen LogP contribution in [-0.4, -0.2) is 42.9 Å². The van der Waals surface area contributed by atoms with Crippen LogP contribution in [0.25, 0.3) is 11.2 Å². The van der Waals surface area contributed by atoms with Crippen LogP contribution in [0, 0.1) is 5.92 Å². The summed E-state index contributed by atoms with van der Waals surface area (Å²) in [5.41, 5.74) is 0.495. The van der Waals surface area contributed by atoms with Gasteiger partial charge in [0.15, 0.2) is 11.2 Å². The van der Waals surface area contributed by atoms with Crippen LogP contribution in [0.5, 0.6) is 0 Å². The van der Waals surface area contributed by atoms with Gasteiger partial charge in [0.2, 0.25) is 0 Å². The first-order chi connectivity index (χ1) is 8.26. The third-order valence-electron chi connectivity index (χ3n) is 2.66. The number of aliphatic hydroxyl groups is 2. The summed E-state index contributed by atoms with van der Waals surface area (Å²) in [7, 11) is 0. The van der Waals surface area contributed by atoms with Crippen molar-refractivity contribution in [1.82, 2.24) is 19.5 Å². The topological polar surface area (TPSA) is 104 Å². The number of hydrogen-bond donors (Lipinski definition) is 3. The molecule has 0 fully saturated rings. The van der Waals surface area contributed by atoms with E-state index in [9.17, 15) is 4.79 Å². The molecule has 1 atom stereocenters. The number of aliphatic hydroxyl groups excluding tert-OH is 2. The molecule has 17 heavy (non-hydrogen) atoms. The van der Waals surface area contributed by atoms with E-state index < -0.39 is 0 Å². The average molecular weight is 238 g/mol. The second-order valence-corrected chi connectivity index (χ2v) is 3.86. The molecule has 2 heterocycles. The highest BCUT2D eigenvalue weighted by molar-refractivity contribution is 5.68. The normalized spacial score (nSPS) is 13.1. The number of H-pyrrole nitrogens is 1. The minimum atomic E-state index is -0.281. The van der Waals surface area contributed by atoms with Gasteiger partial charge in [-0.05, 0) is 6.42 Å². The van der Waals surface area contributed by atoms with Gasteiger partial charge >= 0.3 is 0 Å². The number of hydrogen-bond acceptors (Lipinski definition) is 5. The summed E-state index contributed by atoms with van der Waals surface area (Å²) in [6.45, 7) is 0.472. The molecule has 2 aromatic heterocycles. The number of rotatable bonds is 5. The van der Waals surface area contributed by atoms with Crippen molar-refractivity contribution in [2.45, 2.75) is 13.0 Å². The van der Waals surface area contributed by atoms with E-state index in [1.54, 1.807) is 4.57 Å². The van der Waals surface area contributed by atoms with E-state index in [4.69, 9.17) is 10.2 Å². The van der Waals surface area contributed by atoms with Crippen molar-refractivity contribution in [1.29, 1.82) is 0 Å². The van der Waals surface area contributed by atoms with Crippen LogP contribution in [-0.2, 0) is 6.54 Å². The third kappa shape index (κ3) is 2.34. The van der Waals surface area contributed by atoms with Gasteiger partial charge in [0.1, 0.15) is 0 Å². The van der Waals surface area contributed by atoms with Crippen LogP contribution in [0.1, 0.15) is 6.42 Å². The second kappa shape index (κ2) is 5.07. The highest BCUT2D eigenvalue weighted by Gasteiger charge is 2.12. The Morgan fingerprint density at radius 2 is 2.24 bits per heavy atom. The van der Waals surface area contributed by atoms with Gasteiger partial charge in [-0.25, -0.2) is 9.97 Å². The molecule has 0 saturated carbocycles. The quantitative estimate of drug-likeness (QED) is 0.627. The molecule has 0 aromatic carbocycles. The third-order valence-corrected chi connectivity index (χ3v) is 2.66. The number of imidazole rings is 1. The fourth-order valence-corrected chi connectivity index (χ4v) is 1.73. The van der Waals surface area contributed by atoms with Gasteiger partial charge < -0.3 is 19.8 Å². The maximum Gasteiger partial charge on any atom is 0.278 e. The van der Waals surface area contributed by atoms with Gasteiger partial charge in [-0.2, -0.15) is 0 Å². The summed E-state index contributed by atoms with van der Waals surface area (Å²) < 4.78 is 1.71. The SMILES string of the molecule is O=c1[nH]cnc2c1ncn2C[C@@H](CO)CCO. The molecule has 0 aliphatic heterocycles. The molecule has 3 N–H and O–H groups in total. The van der Waals surface area contributed by atoms with E-state index in [-0.39, 0.29) is 30.2 Å². The predicted octanol–water partition coefficient (Wildman–Crippen LogP) is -0.890. The second-order valence-electron chi connectivity index (χ2n) is 3.86. The van der Waals surface area contributed by atoms with Gasteiger partial charge in [0.25, 0.3) is 5.56 Å². The first-order valence-corrected chi connectivity index (χ1v) is 5.36. The molecule has 0 saturated heterocycles. The molecule has 0 unspecified atom stereocenters. The molecule has 0 aliphatic rings. The zero-order valence-corrected chi connectivity index (χ0v) is 9.20. The van der Waals surface area contributed by atoms with E-state index in [2.05, 4.69) is 15.0 Å². The maximum absolute atomic E-state index is 11.4. The van der Waals surface area contributed by atoms with Crippen molar-refractivity contribution in [3.63, 3.8) is 0 Å². The monoisotopic (exact) mass is 238 g/mol. The summed E-state index contributed by atoms with van der Waals surface area (Å²) in [4.78, 5) is 21.9. The molecular formula is C10H14N4O3. The number of fused-ring (bicyclic) bond motifs is 1. The Bertz CT molecular complexity index is 548. The van der Waals surface area contributed by atoms with E-state index >= 15 is 0 Å². The maximum atomic E-state index is 11.4. The standard InChI is InChI=1S/C10H14N4O3/c15-2-1-7(4-16)3-14-6-13-8-9(14)11-5-12-10(8)17/h5-7,15-16H,1-4H2,(H,11,12,17)/t7-/m0/s1. The van der Waals surface area contributed by atoms with E-state index in [1.165, 1.54) is 12.7 Å². The zero-order chi connectivity index (χ0) is 12.3. The zero-order valence-electron chi connectivity index (χ0n) is 9.20. The smallest absolute Gasteiger partial charge is 0.278 e. The van der Waals surface area contributed by atoms with Crippen LogP contribution in [0.2, 0.25) is 0 Å². The van der Waals surface area contributed by atoms with E-state index in [0.717, 1.165) is 0 Å². The lowest BCUT2D eigenvalue weighted by Crippen LogP contribution is -2.16. The summed E-state index contributed by atoms with van der Waals surface area (Å²) >= 11 is 0. The fraction of sp³-hybridized carbons (Fsp3) is 0.500. The molecule has 7 nitrogen and oxygen atoms in total. The Kier molecular flexibility index (Phi) is 3.50. The summed E-state index contributed by atoms with van der Waals surface area (Å²) in [6.07, 6.45) is 3.34. The van der Waals surface area contributed by atoms with Crippen LogP contribution < -0.4 is 5.56 Å². The molecule has 2 rings (SSSR count). The fourth-order valence-electron chi connectivity index (χ4n) is 1.73. The first kappa shape index (κ1) is 11.7. The lowest BCUT2D eigenvalue weighted by molar-refractivity contribution is 0.171. The summed E-state index contributed by atoms with van der Waals surface area (Å²) in [5.74, 6) is -0.0708. The van der Waals surface area contributed by atoms with Crippen molar-refractivity contribution in [3.05, 3.63) is 23.0 Å². The highest BCUT2D eigenvalue weighted by atomic mass is 16.3. The van der Waals surface area contributed by atoms with Crippen molar-refractivity contribution in [2.75, 3.05) is 13.2 Å². The Hall–Kier alpha value is -1.73. The molecular weight excluding hydrogens is 224 g/mol. The minimum absolute atomic E-state index is 0.0197. The Balaban J connectivity index is 2.30. The van der Waals surface area contributed by atoms with Crippen LogP contribution in [0.4, 0.5) is 0 Å². The van der Waals surface area contributed by atoms with E-state index in [0.29, 0.717) is 18.6 Å². The average Bonchev–Trinajstić information content (AvgIpc) is 2.73. The lowest BCUT2D eigenvalue weighted by Gasteiger charge is -2.13. The number of nitrogens with zero attached hydrogens (tertiary/aromatic N) is 3. The molecule has 0 radical (unpaired) electrons. The van der Waals surface area contributed by atoms with Crippen molar-refractivity contribution < 1.29 is 10.2 Å². The van der Waals surface area contributed by atoms with Crippen molar-refractivity contribution >= 4 is 11.2 Å². The van der Waals surface area contributed by atoms with Gasteiger partial charge in [-0.15, -0.1) is 0 Å². The van der Waals surface area contributed by atoms with Crippen LogP contribution in [0.15, 0.2) is 17.4 Å². The predicted molar refractivity (Wildman–Crippen MR) is 60.4 cm³/mol. The lowest BCUT2D eigenvalue weighted by atomic mass is 10.1. The Morgan fingerprint density at radius 1 is 1.41 bits per heavy atom. The summed E-state index contributed by atoms with van der Waals surface area (Å²) in [6, 6.07) is 0. The summed E-state index contributed by atoms with van der Waals surface area (Å²) in [5, 5.41) is 18.0. The number of nitrogens with one attached hydrogen (secondary N) is 1. The Labute approximate surface area is 96.8 Å². The van der Waals surface area contributed by atoms with Crippen LogP contribution >= 0.6 is 0 Å². The molecule has 7 heteroatoms. The van der Waals surface area contributed by atoms with E-state index in [1.807, 2.05) is 0 Å². The van der Waals surface area contributed by atoms with Gasteiger partial charge in [0, 0.05) is 25.7 Å². The van der Waals surface area contributed by atoms with Gasteiger partial charge in [0.05, 0.1) is 12.7 Å². The number of aromatic nitrogens is 4. The molecule has 0 amide bonds. The van der Waals surface area contributed by atoms with Gasteiger partial charge in [-0.1, -0.05) is 0 Å². The number of aromatic amines is 1. The molecule has 92 valence electrons. The molecule has 0 aliphatic carbocycles. The molecule has 0 spiro atoms. The first-order valence-electron chi connectivity index (χ1n) is 5.36. The highest BCUT2D eigenvalue weighted by Crippen LogP contribution is 2.10. The Morgan fingerprint density at radius 3 is 2.94 bits per heavy atom. The van der Waals surface area contributed by atoms with Gasteiger partial charge in [-0.3, -0.25) is 4.79 Å². The molecule has 2 aromatic rings. The van der Waals surface area contributed by atoms with Crippen molar-refractivity contribution in [2.24, 2.45) is 5.92 Å².